The van der Waals surface area contributed by atoms with E-state index in [-0.39, 0.29) is 26.5 Å². The molecule has 0 bridgehead atoms. The Bertz CT molecular complexity index is 2260. The Morgan fingerprint density at radius 2 is 1.59 bits per heavy atom. The number of benzene rings is 4. The van der Waals surface area contributed by atoms with Crippen molar-refractivity contribution in [2.45, 2.75) is 66.7 Å². The number of nitrogens with zero attached hydrogens (tertiary/aromatic N) is 4. The van der Waals surface area contributed by atoms with Crippen LogP contribution in [0.5, 0.6) is 11.5 Å². The summed E-state index contributed by atoms with van der Waals surface area (Å²) in [4.78, 5) is 4.86. The van der Waals surface area contributed by atoms with E-state index in [0.29, 0.717) is 17.4 Å². The van der Waals surface area contributed by atoms with Gasteiger partial charge in [-0.3, -0.25) is 4.68 Å². The van der Waals surface area contributed by atoms with Crippen LogP contribution < -0.4 is 4.74 Å². The van der Waals surface area contributed by atoms with Gasteiger partial charge in [-0.15, -0.1) is 35.7 Å². The van der Waals surface area contributed by atoms with E-state index in [1.54, 1.807) is 0 Å². The molecular formula is C43H42N4OPt. The van der Waals surface area contributed by atoms with Gasteiger partial charge in [0.15, 0.2) is 0 Å². The average molecular weight is 826 g/mol. The quantitative estimate of drug-likeness (QED) is 0.143. The minimum absolute atomic E-state index is 0. The van der Waals surface area contributed by atoms with Gasteiger partial charge in [0.05, 0.1) is 5.69 Å². The van der Waals surface area contributed by atoms with Gasteiger partial charge < -0.3 is 9.30 Å². The molecule has 6 heteroatoms. The second kappa shape index (κ2) is 13.8. The van der Waals surface area contributed by atoms with Gasteiger partial charge in [-0.25, -0.2) is 4.98 Å². The summed E-state index contributed by atoms with van der Waals surface area (Å²) in [7, 11) is 0. The molecule has 0 saturated carbocycles. The van der Waals surface area contributed by atoms with E-state index >= 15 is 0 Å². The molecule has 0 fully saturated rings. The van der Waals surface area contributed by atoms with Crippen molar-refractivity contribution >= 4 is 21.8 Å². The van der Waals surface area contributed by atoms with E-state index in [9.17, 15) is 0 Å². The molecule has 3 aromatic heterocycles. The molecule has 0 spiro atoms. The van der Waals surface area contributed by atoms with E-state index in [2.05, 4.69) is 126 Å². The maximum Gasteiger partial charge on any atom is 2.00 e. The Balaban J connectivity index is 0.00000417. The van der Waals surface area contributed by atoms with Crippen LogP contribution in [0.4, 0.5) is 0 Å². The van der Waals surface area contributed by atoms with Crippen LogP contribution in [0.25, 0.3) is 44.4 Å². The molecule has 7 aromatic rings. The fraction of sp³-hybridized carbons (Fsp3) is 0.256. The first-order valence-corrected chi connectivity index (χ1v) is 16.9. The summed E-state index contributed by atoms with van der Waals surface area (Å²) in [5, 5.41) is 7.18. The van der Waals surface area contributed by atoms with Gasteiger partial charge in [-0.05, 0) is 84.0 Å². The third kappa shape index (κ3) is 6.87. The first kappa shape index (κ1) is 34.4. The molecule has 0 amide bonds. The molecule has 7 rings (SSSR count). The number of pyridine rings is 1. The Morgan fingerprint density at radius 1 is 0.816 bits per heavy atom. The SMILES string of the molecule is Cc1nn(-c2[c-]c(Oc3[c-]c4c(cc3)c3cc(C(C)(C)C)ccc3n4-c3cc(CCC(C)C)ccn3)ccc2)c(C)c1-c1ccccc1.[Pt+2]. The van der Waals surface area contributed by atoms with E-state index in [1.165, 1.54) is 16.5 Å². The van der Waals surface area contributed by atoms with Gasteiger partial charge in [0.1, 0.15) is 5.82 Å². The summed E-state index contributed by atoms with van der Waals surface area (Å²) in [5.41, 5.74) is 9.78. The molecule has 3 heterocycles. The second-order valence-electron chi connectivity index (χ2n) is 14.2. The minimum Gasteiger partial charge on any atom is -0.509 e. The number of rotatable bonds is 8. The van der Waals surface area contributed by atoms with Crippen LogP contribution in [0, 0.1) is 31.9 Å². The Morgan fingerprint density at radius 3 is 2.35 bits per heavy atom. The van der Waals surface area contributed by atoms with Crippen LogP contribution in [0.3, 0.4) is 0 Å². The molecule has 250 valence electrons. The van der Waals surface area contributed by atoms with Gasteiger partial charge in [0.25, 0.3) is 0 Å². The minimum atomic E-state index is 0. The zero-order chi connectivity index (χ0) is 33.6. The molecule has 0 aliphatic rings. The molecule has 4 aromatic carbocycles. The Labute approximate surface area is 304 Å². The zero-order valence-corrected chi connectivity index (χ0v) is 31.5. The van der Waals surface area contributed by atoms with Crippen LogP contribution in [0.15, 0.2) is 97.2 Å². The third-order valence-corrected chi connectivity index (χ3v) is 9.12. The fourth-order valence-electron chi connectivity index (χ4n) is 6.52. The standard InChI is InChI=1S/C43H42N4O.Pt/c1-28(2)16-17-31-22-23-44-41(24-31)46-39-21-18-33(43(5,6)7)25-38(39)37-20-19-36(27-40(37)46)48-35-15-11-14-34(26-35)47-30(4)42(29(3)45-47)32-12-9-8-10-13-32;/h8-15,18-25,28H,16-17H2,1-7H3;/q-2;+2. The van der Waals surface area contributed by atoms with Crippen LogP contribution in [-0.4, -0.2) is 19.3 Å². The van der Waals surface area contributed by atoms with E-state index in [1.807, 2.05) is 41.2 Å². The van der Waals surface area contributed by atoms with Gasteiger partial charge in [-0.1, -0.05) is 82.6 Å². The van der Waals surface area contributed by atoms with Gasteiger partial charge >= 0.3 is 21.1 Å². The number of fused-ring (bicyclic) bond motifs is 3. The first-order chi connectivity index (χ1) is 23.1. The van der Waals surface area contributed by atoms with Crippen molar-refractivity contribution in [3.8, 4) is 34.1 Å². The summed E-state index contributed by atoms with van der Waals surface area (Å²) in [6.45, 7) is 15.4. The molecule has 0 saturated heterocycles. The maximum atomic E-state index is 6.48. The first-order valence-electron chi connectivity index (χ1n) is 16.9. The summed E-state index contributed by atoms with van der Waals surface area (Å²) in [6.07, 6.45) is 4.08. The summed E-state index contributed by atoms with van der Waals surface area (Å²) >= 11 is 0. The smallest absolute Gasteiger partial charge is 0.509 e. The molecule has 0 atom stereocenters. The molecule has 0 aliphatic heterocycles. The van der Waals surface area contributed by atoms with Gasteiger partial charge in [0.2, 0.25) is 0 Å². The van der Waals surface area contributed by atoms with E-state index in [4.69, 9.17) is 14.8 Å². The van der Waals surface area contributed by atoms with Crippen molar-refractivity contribution in [2.75, 3.05) is 0 Å². The summed E-state index contributed by atoms with van der Waals surface area (Å²) < 4.78 is 10.6. The summed E-state index contributed by atoms with van der Waals surface area (Å²) in [6, 6.07) is 38.7. The largest absolute Gasteiger partial charge is 2.00 e. The van der Waals surface area contributed by atoms with Crippen LogP contribution in [0.2, 0.25) is 0 Å². The van der Waals surface area contributed by atoms with Crippen LogP contribution in [0.1, 0.15) is 63.6 Å². The normalized spacial score (nSPS) is 11.8. The zero-order valence-electron chi connectivity index (χ0n) is 29.2. The monoisotopic (exact) mass is 825 g/mol. The average Bonchev–Trinajstić information content (AvgIpc) is 3.56. The molecular weight excluding hydrogens is 784 g/mol. The maximum absolute atomic E-state index is 6.48. The Kier molecular flexibility index (Phi) is 9.69. The second-order valence-corrected chi connectivity index (χ2v) is 14.2. The summed E-state index contributed by atoms with van der Waals surface area (Å²) in [5.74, 6) is 2.75. The van der Waals surface area contributed by atoms with Crippen molar-refractivity contribution < 1.29 is 25.8 Å². The van der Waals surface area contributed by atoms with Crippen molar-refractivity contribution in [1.29, 1.82) is 0 Å². The third-order valence-electron chi connectivity index (χ3n) is 9.12. The van der Waals surface area contributed by atoms with Crippen LogP contribution in [-0.2, 0) is 32.9 Å². The van der Waals surface area contributed by atoms with Gasteiger partial charge in [-0.2, -0.15) is 17.2 Å². The molecule has 0 aliphatic carbocycles. The molecule has 5 nitrogen and oxygen atoms in total. The van der Waals surface area contributed by atoms with Crippen molar-refractivity contribution in [3.05, 3.63) is 132 Å². The fourth-order valence-corrected chi connectivity index (χ4v) is 6.52. The van der Waals surface area contributed by atoms with E-state index in [0.717, 1.165) is 63.3 Å². The van der Waals surface area contributed by atoms with E-state index < -0.39 is 0 Å². The van der Waals surface area contributed by atoms with Crippen molar-refractivity contribution in [1.82, 2.24) is 19.3 Å². The molecule has 0 N–H and O–H groups in total. The molecule has 0 radical (unpaired) electrons. The predicted octanol–water partition coefficient (Wildman–Crippen LogP) is 10.9. The van der Waals surface area contributed by atoms with Crippen LogP contribution >= 0.6 is 0 Å². The molecule has 0 unspecified atom stereocenters. The Hall–Kier alpha value is -4.47. The number of aryl methyl sites for hydroxylation is 2. The number of aromatic nitrogens is 4. The number of hydrogen-bond acceptors (Lipinski definition) is 3. The molecule has 49 heavy (non-hydrogen) atoms. The number of ether oxygens (including phenoxy) is 1. The van der Waals surface area contributed by atoms with Crippen molar-refractivity contribution in [2.24, 2.45) is 5.92 Å². The van der Waals surface area contributed by atoms with Crippen molar-refractivity contribution in [3.63, 3.8) is 0 Å². The predicted molar refractivity (Wildman–Crippen MR) is 197 cm³/mol. The topological polar surface area (TPSA) is 44.9 Å². The number of hydrogen-bond donors (Lipinski definition) is 0. The van der Waals surface area contributed by atoms with Gasteiger partial charge in [0, 0.05) is 34.5 Å².